The van der Waals surface area contributed by atoms with E-state index in [-0.39, 0.29) is 12.1 Å². The first-order chi connectivity index (χ1) is 9.83. The predicted molar refractivity (Wildman–Crippen MR) is 80.5 cm³/mol. The van der Waals surface area contributed by atoms with E-state index in [1.54, 1.807) is 0 Å². The van der Waals surface area contributed by atoms with Gasteiger partial charge in [-0.3, -0.25) is 9.88 Å². The number of morpholine rings is 1. The van der Waals surface area contributed by atoms with Gasteiger partial charge in [0.1, 0.15) is 0 Å². The van der Waals surface area contributed by atoms with Crippen molar-refractivity contribution in [1.82, 2.24) is 9.88 Å². The summed E-state index contributed by atoms with van der Waals surface area (Å²) in [5.74, 6) is 0. The van der Waals surface area contributed by atoms with E-state index < -0.39 is 0 Å². The third-order valence-electron chi connectivity index (χ3n) is 4.06. The lowest BCUT2D eigenvalue weighted by molar-refractivity contribution is -0.0657. The number of benzene rings is 1. The highest BCUT2D eigenvalue weighted by Gasteiger charge is 2.31. The maximum absolute atomic E-state index is 5.90. The van der Waals surface area contributed by atoms with Crippen LogP contribution in [0.2, 0.25) is 0 Å². The van der Waals surface area contributed by atoms with Crippen molar-refractivity contribution in [2.75, 3.05) is 26.2 Å². The molecule has 20 heavy (non-hydrogen) atoms. The van der Waals surface area contributed by atoms with E-state index in [1.807, 2.05) is 12.3 Å². The van der Waals surface area contributed by atoms with Crippen LogP contribution < -0.4 is 5.73 Å². The van der Waals surface area contributed by atoms with Crippen LogP contribution in [-0.2, 0) is 4.74 Å². The van der Waals surface area contributed by atoms with Gasteiger partial charge in [-0.15, -0.1) is 0 Å². The first-order valence-electron chi connectivity index (χ1n) is 7.24. The third-order valence-corrected chi connectivity index (χ3v) is 4.06. The van der Waals surface area contributed by atoms with Crippen molar-refractivity contribution < 1.29 is 4.74 Å². The summed E-state index contributed by atoms with van der Waals surface area (Å²) in [6, 6.07) is 10.8. The smallest absolute Gasteiger partial charge is 0.0894 e. The molecule has 2 heterocycles. The minimum atomic E-state index is 0.0674. The Kier molecular flexibility index (Phi) is 3.96. The van der Waals surface area contributed by atoms with Crippen molar-refractivity contribution in [3.8, 4) is 0 Å². The lowest BCUT2D eigenvalue weighted by atomic mass is 9.96. The van der Waals surface area contributed by atoms with Gasteiger partial charge in [0.25, 0.3) is 0 Å². The van der Waals surface area contributed by atoms with Crippen LogP contribution in [0.5, 0.6) is 0 Å². The molecule has 3 rings (SSSR count). The second kappa shape index (κ2) is 5.87. The van der Waals surface area contributed by atoms with Gasteiger partial charge in [-0.1, -0.05) is 19.1 Å². The number of likely N-dealkylation sites (N-methyl/N-ethyl adjacent to an activating group) is 1. The van der Waals surface area contributed by atoms with Crippen molar-refractivity contribution in [3.05, 3.63) is 42.1 Å². The number of fused-ring (bicyclic) bond motifs is 1. The normalized spacial score (nSPS) is 24.1. The minimum absolute atomic E-state index is 0.0674. The number of pyridine rings is 1. The average Bonchev–Trinajstić information content (AvgIpc) is 2.53. The topological polar surface area (TPSA) is 51.4 Å². The highest BCUT2D eigenvalue weighted by atomic mass is 16.5. The van der Waals surface area contributed by atoms with Crippen LogP contribution >= 0.6 is 0 Å². The molecule has 0 spiro atoms. The van der Waals surface area contributed by atoms with E-state index >= 15 is 0 Å². The van der Waals surface area contributed by atoms with Crippen molar-refractivity contribution in [3.63, 3.8) is 0 Å². The predicted octanol–water partition coefficient (Wildman–Crippen LogP) is 1.96. The Morgan fingerprint density at radius 2 is 2.30 bits per heavy atom. The van der Waals surface area contributed by atoms with Crippen LogP contribution in [0.3, 0.4) is 0 Å². The third kappa shape index (κ3) is 2.42. The van der Waals surface area contributed by atoms with Gasteiger partial charge in [0.15, 0.2) is 0 Å². The molecule has 2 unspecified atom stereocenters. The minimum Gasteiger partial charge on any atom is -0.374 e. The molecule has 0 bridgehead atoms. The highest BCUT2D eigenvalue weighted by Crippen LogP contribution is 2.30. The molecule has 1 aliphatic rings. The summed E-state index contributed by atoms with van der Waals surface area (Å²) < 4.78 is 5.86. The molecule has 106 valence electrons. The number of ether oxygens (including phenoxy) is 1. The van der Waals surface area contributed by atoms with E-state index in [4.69, 9.17) is 10.5 Å². The SMILES string of the molecule is CCN1CCOC(CN)C1c1ccc2ncccc2c1. The summed E-state index contributed by atoms with van der Waals surface area (Å²) in [6.45, 7) is 5.47. The van der Waals surface area contributed by atoms with Gasteiger partial charge in [-0.25, -0.2) is 0 Å². The van der Waals surface area contributed by atoms with Crippen LogP contribution in [0.4, 0.5) is 0 Å². The summed E-state index contributed by atoms with van der Waals surface area (Å²) in [5.41, 5.74) is 8.19. The molecule has 0 radical (unpaired) electrons. The number of aromatic nitrogens is 1. The Morgan fingerprint density at radius 3 is 3.10 bits per heavy atom. The molecule has 4 nitrogen and oxygen atoms in total. The number of nitrogens with two attached hydrogens (primary N) is 1. The van der Waals surface area contributed by atoms with Crippen LogP contribution in [0.1, 0.15) is 18.5 Å². The van der Waals surface area contributed by atoms with Crippen molar-refractivity contribution in [2.45, 2.75) is 19.1 Å². The van der Waals surface area contributed by atoms with Crippen LogP contribution in [-0.4, -0.2) is 42.2 Å². The van der Waals surface area contributed by atoms with E-state index in [0.717, 1.165) is 25.2 Å². The van der Waals surface area contributed by atoms with Crippen LogP contribution in [0.15, 0.2) is 36.5 Å². The Morgan fingerprint density at radius 1 is 1.40 bits per heavy atom. The standard InChI is InChI=1S/C16H21N3O/c1-2-19-8-9-20-15(11-17)16(19)13-5-6-14-12(10-13)4-3-7-18-14/h3-7,10,15-16H,2,8-9,11,17H2,1H3. The number of nitrogens with zero attached hydrogens (tertiary/aromatic N) is 2. The lowest BCUT2D eigenvalue weighted by Gasteiger charge is -2.40. The summed E-state index contributed by atoms with van der Waals surface area (Å²) in [4.78, 5) is 6.82. The second-order valence-electron chi connectivity index (χ2n) is 5.17. The molecular formula is C16H21N3O. The fourth-order valence-corrected chi connectivity index (χ4v) is 3.04. The highest BCUT2D eigenvalue weighted by molar-refractivity contribution is 5.79. The number of rotatable bonds is 3. The number of hydrogen-bond donors (Lipinski definition) is 1. The van der Waals surface area contributed by atoms with Crippen LogP contribution in [0.25, 0.3) is 10.9 Å². The zero-order chi connectivity index (χ0) is 13.9. The van der Waals surface area contributed by atoms with E-state index in [0.29, 0.717) is 6.54 Å². The molecule has 0 aliphatic carbocycles. The maximum Gasteiger partial charge on any atom is 0.0894 e. The average molecular weight is 271 g/mol. The van der Waals surface area contributed by atoms with Gasteiger partial charge >= 0.3 is 0 Å². The molecule has 1 fully saturated rings. The Labute approximate surface area is 119 Å². The van der Waals surface area contributed by atoms with E-state index in [2.05, 4.69) is 41.1 Å². The summed E-state index contributed by atoms with van der Waals surface area (Å²) in [6.07, 6.45) is 1.89. The van der Waals surface area contributed by atoms with E-state index in [9.17, 15) is 0 Å². The largest absolute Gasteiger partial charge is 0.374 e. The van der Waals surface area contributed by atoms with Gasteiger partial charge in [-0.2, -0.15) is 0 Å². The molecule has 2 atom stereocenters. The molecule has 2 aromatic rings. The first kappa shape index (κ1) is 13.5. The molecule has 1 aliphatic heterocycles. The Hall–Kier alpha value is -1.49. The van der Waals surface area contributed by atoms with Gasteiger partial charge < -0.3 is 10.5 Å². The van der Waals surface area contributed by atoms with Gasteiger partial charge in [0.05, 0.1) is 24.3 Å². The zero-order valence-electron chi connectivity index (χ0n) is 11.8. The van der Waals surface area contributed by atoms with Gasteiger partial charge in [0, 0.05) is 24.7 Å². The maximum atomic E-state index is 5.90. The number of hydrogen-bond acceptors (Lipinski definition) is 4. The molecule has 2 N–H and O–H groups in total. The molecule has 1 aromatic carbocycles. The molecule has 0 saturated carbocycles. The summed E-state index contributed by atoms with van der Waals surface area (Å²) in [5, 5.41) is 1.17. The lowest BCUT2D eigenvalue weighted by Crippen LogP contribution is -2.48. The fraction of sp³-hybridized carbons (Fsp3) is 0.438. The quantitative estimate of drug-likeness (QED) is 0.927. The molecule has 4 heteroatoms. The van der Waals surface area contributed by atoms with Gasteiger partial charge in [-0.05, 0) is 30.3 Å². The molecule has 1 aromatic heterocycles. The van der Waals surface area contributed by atoms with E-state index in [1.165, 1.54) is 10.9 Å². The second-order valence-corrected chi connectivity index (χ2v) is 5.17. The molecule has 1 saturated heterocycles. The Bertz CT molecular complexity index is 575. The van der Waals surface area contributed by atoms with Crippen molar-refractivity contribution in [2.24, 2.45) is 5.73 Å². The summed E-state index contributed by atoms with van der Waals surface area (Å²) >= 11 is 0. The van der Waals surface area contributed by atoms with Crippen molar-refractivity contribution in [1.29, 1.82) is 0 Å². The molecular weight excluding hydrogens is 250 g/mol. The molecule has 0 amide bonds. The Balaban J connectivity index is 2.01. The monoisotopic (exact) mass is 271 g/mol. The van der Waals surface area contributed by atoms with Crippen LogP contribution in [0, 0.1) is 0 Å². The summed E-state index contributed by atoms with van der Waals surface area (Å²) in [7, 11) is 0. The zero-order valence-corrected chi connectivity index (χ0v) is 11.8. The van der Waals surface area contributed by atoms with Gasteiger partial charge in [0.2, 0.25) is 0 Å². The first-order valence-corrected chi connectivity index (χ1v) is 7.24. The van der Waals surface area contributed by atoms with Crippen molar-refractivity contribution >= 4 is 10.9 Å². The fourth-order valence-electron chi connectivity index (χ4n) is 3.04.